The SMILES string of the molecule is CC(NC(=O)c1cn(C2(C(F)F)CC2)c(=O)cc1N[C@@H]1CCNC2(CC2)C1)c1cccc(C(F)F)c1F. The molecule has 2 heterocycles. The molecule has 0 bridgehead atoms. The molecule has 3 fully saturated rings. The van der Waals surface area contributed by atoms with E-state index in [1.165, 1.54) is 25.1 Å². The number of halogens is 5. The molecule has 1 amide bonds. The number of hydrogen-bond donors (Lipinski definition) is 3. The monoisotopic (exact) mass is 524 g/mol. The molecule has 2 atom stereocenters. The third-order valence-corrected chi connectivity index (χ3v) is 7.90. The summed E-state index contributed by atoms with van der Waals surface area (Å²) in [6, 6.07) is 3.68. The first-order valence-electron chi connectivity index (χ1n) is 12.5. The fraction of sp³-hybridized carbons (Fsp3) is 0.538. The van der Waals surface area contributed by atoms with Crippen molar-refractivity contribution >= 4 is 11.6 Å². The second-order valence-corrected chi connectivity index (χ2v) is 10.5. The lowest BCUT2D eigenvalue weighted by atomic mass is 9.97. The molecule has 5 rings (SSSR count). The van der Waals surface area contributed by atoms with Crippen LogP contribution in [0.3, 0.4) is 0 Å². The first-order valence-corrected chi connectivity index (χ1v) is 12.5. The van der Waals surface area contributed by atoms with Gasteiger partial charge in [-0.15, -0.1) is 0 Å². The van der Waals surface area contributed by atoms with Crippen LogP contribution in [-0.2, 0) is 5.54 Å². The van der Waals surface area contributed by atoms with Crippen LogP contribution in [0.1, 0.15) is 79.4 Å². The topological polar surface area (TPSA) is 75.2 Å². The molecule has 1 saturated heterocycles. The van der Waals surface area contributed by atoms with Crippen LogP contribution in [0.2, 0.25) is 0 Å². The van der Waals surface area contributed by atoms with Gasteiger partial charge in [0.15, 0.2) is 0 Å². The fourth-order valence-corrected chi connectivity index (χ4v) is 5.33. The summed E-state index contributed by atoms with van der Waals surface area (Å²) in [5, 5.41) is 9.35. The molecule has 3 N–H and O–H groups in total. The smallest absolute Gasteiger partial charge is 0.266 e. The van der Waals surface area contributed by atoms with Crippen molar-refractivity contribution in [2.75, 3.05) is 11.9 Å². The van der Waals surface area contributed by atoms with Crippen molar-refractivity contribution in [2.24, 2.45) is 0 Å². The predicted octanol–water partition coefficient (Wildman–Crippen LogP) is 4.87. The average Bonchev–Trinajstić information content (AvgIpc) is 3.77. The summed E-state index contributed by atoms with van der Waals surface area (Å²) in [6.45, 7) is 2.21. The summed E-state index contributed by atoms with van der Waals surface area (Å²) in [7, 11) is 0. The average molecular weight is 525 g/mol. The maximum Gasteiger partial charge on any atom is 0.266 e. The van der Waals surface area contributed by atoms with Crippen molar-refractivity contribution in [1.29, 1.82) is 0 Å². The molecule has 1 aromatic carbocycles. The van der Waals surface area contributed by atoms with Gasteiger partial charge in [-0.3, -0.25) is 9.59 Å². The molecule has 1 aromatic heterocycles. The maximum atomic E-state index is 14.7. The predicted molar refractivity (Wildman–Crippen MR) is 128 cm³/mol. The van der Waals surface area contributed by atoms with Gasteiger partial charge < -0.3 is 20.5 Å². The van der Waals surface area contributed by atoms with E-state index >= 15 is 0 Å². The fourth-order valence-electron chi connectivity index (χ4n) is 5.33. The van der Waals surface area contributed by atoms with Gasteiger partial charge in [-0.2, -0.15) is 0 Å². The van der Waals surface area contributed by atoms with Crippen molar-refractivity contribution in [3.63, 3.8) is 0 Å². The number of nitrogens with one attached hydrogen (secondary N) is 3. The summed E-state index contributed by atoms with van der Waals surface area (Å²) < 4.78 is 69.6. The number of carbonyl (C=O) groups is 1. The van der Waals surface area contributed by atoms with E-state index in [-0.39, 0.29) is 41.2 Å². The van der Waals surface area contributed by atoms with E-state index in [0.717, 1.165) is 49.1 Å². The van der Waals surface area contributed by atoms with Gasteiger partial charge in [0.05, 0.1) is 22.9 Å². The summed E-state index contributed by atoms with van der Waals surface area (Å²) in [4.78, 5) is 26.3. The Balaban J connectivity index is 1.46. The normalized spacial score (nSPS) is 22.2. The Morgan fingerprint density at radius 3 is 2.46 bits per heavy atom. The third kappa shape index (κ3) is 4.85. The van der Waals surface area contributed by atoms with Gasteiger partial charge in [-0.25, -0.2) is 22.0 Å². The molecule has 37 heavy (non-hydrogen) atoms. The minimum atomic E-state index is -3.02. The van der Waals surface area contributed by atoms with Gasteiger partial charge in [-0.05, 0) is 52.0 Å². The number of carbonyl (C=O) groups excluding carboxylic acids is 1. The van der Waals surface area contributed by atoms with Crippen LogP contribution in [-0.4, -0.2) is 35.0 Å². The van der Waals surface area contributed by atoms with Gasteiger partial charge >= 0.3 is 0 Å². The maximum absolute atomic E-state index is 14.7. The van der Waals surface area contributed by atoms with Crippen LogP contribution in [0.25, 0.3) is 0 Å². The Morgan fingerprint density at radius 2 is 1.84 bits per heavy atom. The van der Waals surface area contributed by atoms with E-state index in [1.807, 2.05) is 0 Å². The Labute approximate surface area is 210 Å². The lowest BCUT2D eigenvalue weighted by molar-refractivity contribution is 0.0648. The zero-order valence-corrected chi connectivity index (χ0v) is 20.3. The van der Waals surface area contributed by atoms with Crippen molar-refractivity contribution < 1.29 is 26.7 Å². The van der Waals surface area contributed by atoms with Crippen molar-refractivity contribution in [3.8, 4) is 0 Å². The minimum absolute atomic E-state index is 0.0341. The standard InChI is InChI=1S/C26H29F5N4O2/c1-14(16-3-2-4-17(21(16)27)22(28)29)33-23(37)18-13-35(26(8-9-26)24(30)31)20(36)11-19(18)34-15-5-10-32-25(12-15)6-7-25/h2-4,11,13-15,22,24,32,34H,5-10,12H2,1H3,(H,33,37)/t14?,15-/m1/s1. The zero-order chi connectivity index (χ0) is 26.5. The molecule has 2 aliphatic carbocycles. The first kappa shape index (κ1) is 25.7. The minimum Gasteiger partial charge on any atom is -0.381 e. The number of aromatic nitrogens is 1. The van der Waals surface area contributed by atoms with Crippen molar-refractivity contribution in [1.82, 2.24) is 15.2 Å². The Morgan fingerprint density at radius 1 is 1.14 bits per heavy atom. The molecular formula is C26H29F5N4O2. The van der Waals surface area contributed by atoms with E-state index in [4.69, 9.17) is 0 Å². The van der Waals surface area contributed by atoms with Crippen LogP contribution in [0, 0.1) is 5.82 Å². The van der Waals surface area contributed by atoms with E-state index in [0.29, 0.717) is 0 Å². The van der Waals surface area contributed by atoms with E-state index in [2.05, 4.69) is 16.0 Å². The second kappa shape index (κ2) is 9.41. The van der Waals surface area contributed by atoms with Gasteiger partial charge in [0.1, 0.15) is 11.4 Å². The largest absolute Gasteiger partial charge is 0.381 e. The van der Waals surface area contributed by atoms with Gasteiger partial charge in [-0.1, -0.05) is 18.2 Å². The van der Waals surface area contributed by atoms with E-state index in [9.17, 15) is 31.5 Å². The number of nitrogens with zero attached hydrogens (tertiary/aromatic N) is 1. The summed E-state index contributed by atoms with van der Waals surface area (Å²) in [5.41, 5.74) is -2.97. The van der Waals surface area contributed by atoms with Gasteiger partial charge in [0, 0.05) is 29.4 Å². The highest BCUT2D eigenvalue weighted by atomic mass is 19.3. The second-order valence-electron chi connectivity index (χ2n) is 10.5. The van der Waals surface area contributed by atoms with Crippen molar-refractivity contribution in [3.05, 3.63) is 63.3 Å². The molecular weight excluding hydrogens is 495 g/mol. The molecule has 6 nitrogen and oxygen atoms in total. The molecule has 0 radical (unpaired) electrons. The number of alkyl halides is 4. The van der Waals surface area contributed by atoms with E-state index < -0.39 is 47.3 Å². The molecule has 1 unspecified atom stereocenters. The number of amides is 1. The van der Waals surface area contributed by atoms with Gasteiger partial charge in [0.25, 0.3) is 24.3 Å². The summed E-state index contributed by atoms with van der Waals surface area (Å²) >= 11 is 0. The van der Waals surface area contributed by atoms with Crippen LogP contribution < -0.4 is 21.5 Å². The van der Waals surface area contributed by atoms with Crippen LogP contribution in [0.15, 0.2) is 35.3 Å². The molecule has 2 saturated carbocycles. The third-order valence-electron chi connectivity index (χ3n) is 7.90. The highest BCUT2D eigenvalue weighted by Crippen LogP contribution is 2.48. The molecule has 1 aliphatic heterocycles. The summed E-state index contributed by atoms with van der Waals surface area (Å²) in [5.74, 6) is -1.85. The highest BCUT2D eigenvalue weighted by molar-refractivity contribution is 5.99. The van der Waals surface area contributed by atoms with Crippen LogP contribution in [0.5, 0.6) is 0 Å². The molecule has 200 valence electrons. The molecule has 3 aliphatic rings. The number of pyridine rings is 1. The molecule has 1 spiro atoms. The number of rotatable bonds is 8. The molecule has 2 aromatic rings. The number of anilines is 1. The zero-order valence-electron chi connectivity index (χ0n) is 20.3. The Bertz CT molecular complexity index is 1260. The van der Waals surface area contributed by atoms with Crippen molar-refractivity contribution in [2.45, 2.75) is 81.5 Å². The quantitative estimate of drug-likeness (QED) is 0.431. The number of piperidine rings is 1. The van der Waals surface area contributed by atoms with Crippen LogP contribution in [0.4, 0.5) is 27.6 Å². The van der Waals surface area contributed by atoms with Gasteiger partial charge in [0.2, 0.25) is 0 Å². The van der Waals surface area contributed by atoms with Crippen LogP contribution >= 0.6 is 0 Å². The lowest BCUT2D eigenvalue weighted by Crippen LogP contribution is -2.45. The Kier molecular flexibility index (Phi) is 6.54. The lowest BCUT2D eigenvalue weighted by Gasteiger charge is -2.32. The first-order chi connectivity index (χ1) is 17.5. The highest BCUT2D eigenvalue weighted by Gasteiger charge is 2.54. The molecule has 11 heteroatoms. The number of benzene rings is 1. The summed E-state index contributed by atoms with van der Waals surface area (Å²) in [6.07, 6.45) is -0.833. The Hall–Kier alpha value is -2.95. The van der Waals surface area contributed by atoms with E-state index in [1.54, 1.807) is 0 Å². The number of hydrogen-bond acceptors (Lipinski definition) is 4.